The first-order chi connectivity index (χ1) is 34.5. The molecule has 0 saturated heterocycles. The van der Waals surface area contributed by atoms with Crippen molar-refractivity contribution in [3.8, 4) is 0 Å². The van der Waals surface area contributed by atoms with Crippen LogP contribution >= 0.6 is 0 Å². The lowest BCUT2D eigenvalue weighted by atomic mass is 10.0. The molecule has 414 valence electrons. The Morgan fingerprint density at radius 3 is 1.06 bits per heavy atom. The molecule has 3 N–H and O–H groups in total. The maximum Gasteiger partial charge on any atom is 0.305 e. The molecule has 2 atom stereocenters. The van der Waals surface area contributed by atoms with E-state index in [9.17, 15) is 19.8 Å². The van der Waals surface area contributed by atoms with Crippen molar-refractivity contribution in [2.24, 2.45) is 0 Å². The molecule has 2 unspecified atom stereocenters. The van der Waals surface area contributed by atoms with Gasteiger partial charge in [0.2, 0.25) is 5.91 Å². The largest absolute Gasteiger partial charge is 0.466 e. The number of ether oxygens (including phenoxy) is 1. The Labute approximate surface area is 437 Å². The van der Waals surface area contributed by atoms with Gasteiger partial charge in [0.15, 0.2) is 0 Å². The number of unbranched alkanes of at least 4 members (excludes halogenated alkanes) is 46. The Hall–Kier alpha value is -1.66. The summed E-state index contributed by atoms with van der Waals surface area (Å²) in [7, 11) is 0. The SMILES string of the molecule is CCCC/C=C\CCCCCCCC(=O)OCCCCCCCCCCCCCCCCCCCCCCCCCCCCC(=O)NC(CO)C(O)/C=C/CCCCCCCCCCCCCCCC. The van der Waals surface area contributed by atoms with Crippen LogP contribution in [0.5, 0.6) is 0 Å². The fraction of sp³-hybridized carbons (Fsp3) is 0.906. The van der Waals surface area contributed by atoms with E-state index in [2.05, 4.69) is 31.3 Å². The Kier molecular flexibility index (Phi) is 58.5. The molecule has 6 nitrogen and oxygen atoms in total. The summed E-state index contributed by atoms with van der Waals surface area (Å²) < 4.78 is 5.46. The Morgan fingerprint density at radius 2 is 0.686 bits per heavy atom. The number of hydrogen-bond acceptors (Lipinski definition) is 5. The van der Waals surface area contributed by atoms with Gasteiger partial charge in [0.05, 0.1) is 25.4 Å². The van der Waals surface area contributed by atoms with Gasteiger partial charge in [-0.05, 0) is 51.4 Å². The second kappa shape index (κ2) is 59.9. The van der Waals surface area contributed by atoms with Crippen molar-refractivity contribution in [2.75, 3.05) is 13.2 Å². The van der Waals surface area contributed by atoms with Crippen LogP contribution < -0.4 is 5.32 Å². The zero-order valence-electron chi connectivity index (χ0n) is 47.3. The van der Waals surface area contributed by atoms with Crippen molar-refractivity contribution < 1.29 is 24.5 Å². The number of carbonyl (C=O) groups is 2. The van der Waals surface area contributed by atoms with Gasteiger partial charge >= 0.3 is 5.97 Å². The zero-order valence-corrected chi connectivity index (χ0v) is 47.3. The number of esters is 1. The number of aliphatic hydroxyl groups excluding tert-OH is 2. The Bertz CT molecular complexity index is 1090. The molecule has 0 spiro atoms. The molecule has 0 aromatic rings. The molecule has 0 aliphatic carbocycles. The standard InChI is InChI=1S/C64H123NO5/c1-3-5-7-9-11-13-15-16-17-30-33-37-40-44-48-52-56-62(67)61(60-66)65-63(68)57-53-49-45-41-38-34-31-28-26-24-22-20-18-19-21-23-25-27-29-32-35-39-43-47-51-55-59-70-64(69)58-54-50-46-42-36-14-12-10-8-6-4-2/h10,12,52,56,61-62,66-67H,3-9,11,13-51,53-55,57-60H2,1-2H3,(H,65,68)/b12-10-,56-52+. The minimum absolute atomic E-state index is 0.00595. The molecule has 1 amide bonds. The summed E-state index contributed by atoms with van der Waals surface area (Å²) in [6, 6.07) is -0.626. The van der Waals surface area contributed by atoms with Crippen LogP contribution in [-0.2, 0) is 14.3 Å². The number of allylic oxidation sites excluding steroid dienone is 3. The van der Waals surface area contributed by atoms with Crippen molar-refractivity contribution in [3.63, 3.8) is 0 Å². The van der Waals surface area contributed by atoms with E-state index in [4.69, 9.17) is 4.74 Å². The fourth-order valence-corrected chi connectivity index (χ4v) is 9.85. The van der Waals surface area contributed by atoms with Crippen LogP contribution in [0.15, 0.2) is 24.3 Å². The lowest BCUT2D eigenvalue weighted by molar-refractivity contribution is -0.143. The third-order valence-corrected chi connectivity index (χ3v) is 14.7. The second-order valence-electron chi connectivity index (χ2n) is 21.7. The average molecular weight is 987 g/mol. The molecule has 0 rings (SSSR count). The summed E-state index contributed by atoms with van der Waals surface area (Å²) in [4.78, 5) is 24.5. The van der Waals surface area contributed by atoms with E-state index >= 15 is 0 Å². The van der Waals surface area contributed by atoms with Crippen molar-refractivity contribution in [2.45, 2.75) is 360 Å². The van der Waals surface area contributed by atoms with Gasteiger partial charge in [0.1, 0.15) is 0 Å². The monoisotopic (exact) mass is 986 g/mol. The highest BCUT2D eigenvalue weighted by molar-refractivity contribution is 5.76. The lowest BCUT2D eigenvalue weighted by Gasteiger charge is -2.20. The first-order valence-electron chi connectivity index (χ1n) is 31.6. The van der Waals surface area contributed by atoms with Gasteiger partial charge in [-0.2, -0.15) is 0 Å². The number of carbonyl (C=O) groups excluding carboxylic acids is 2. The van der Waals surface area contributed by atoms with Crippen LogP contribution in [0.2, 0.25) is 0 Å². The van der Waals surface area contributed by atoms with Crippen LogP contribution in [0.25, 0.3) is 0 Å². The lowest BCUT2D eigenvalue weighted by Crippen LogP contribution is -2.45. The molecule has 6 heteroatoms. The molecule has 0 aromatic heterocycles. The van der Waals surface area contributed by atoms with Gasteiger partial charge in [-0.15, -0.1) is 0 Å². The van der Waals surface area contributed by atoms with Gasteiger partial charge in [0, 0.05) is 12.8 Å². The highest BCUT2D eigenvalue weighted by Gasteiger charge is 2.18. The van der Waals surface area contributed by atoms with Gasteiger partial charge in [-0.25, -0.2) is 0 Å². The molecular formula is C64H123NO5. The summed E-state index contributed by atoms with van der Waals surface area (Å²) in [5.74, 6) is -0.0576. The first kappa shape index (κ1) is 68.3. The van der Waals surface area contributed by atoms with E-state index in [1.54, 1.807) is 6.08 Å². The molecule has 0 aliphatic heterocycles. The number of rotatable bonds is 59. The van der Waals surface area contributed by atoms with Crippen LogP contribution in [0, 0.1) is 0 Å². The second-order valence-corrected chi connectivity index (χ2v) is 21.7. The molecule has 0 bridgehead atoms. The maximum atomic E-state index is 12.5. The van der Waals surface area contributed by atoms with Crippen molar-refractivity contribution in [1.82, 2.24) is 5.32 Å². The highest BCUT2D eigenvalue weighted by Crippen LogP contribution is 2.18. The van der Waals surface area contributed by atoms with Gasteiger partial charge in [-0.3, -0.25) is 9.59 Å². The minimum Gasteiger partial charge on any atom is -0.466 e. The molecular weight excluding hydrogens is 863 g/mol. The summed E-state index contributed by atoms with van der Waals surface area (Å²) in [6.45, 7) is 4.89. The quantitative estimate of drug-likeness (QED) is 0.0321. The van der Waals surface area contributed by atoms with Crippen LogP contribution in [-0.4, -0.2) is 47.4 Å². The number of hydrogen-bond donors (Lipinski definition) is 3. The van der Waals surface area contributed by atoms with Crippen LogP contribution in [0.4, 0.5) is 0 Å². The summed E-state index contributed by atoms with van der Waals surface area (Å²) in [6.07, 6.45) is 73.7. The third-order valence-electron chi connectivity index (χ3n) is 14.7. The van der Waals surface area contributed by atoms with Crippen molar-refractivity contribution >= 4 is 11.9 Å². The summed E-state index contributed by atoms with van der Waals surface area (Å²) in [5, 5.41) is 23.2. The first-order valence-corrected chi connectivity index (χ1v) is 31.6. The zero-order chi connectivity index (χ0) is 50.7. The van der Waals surface area contributed by atoms with E-state index in [0.29, 0.717) is 19.4 Å². The predicted octanol–water partition coefficient (Wildman–Crippen LogP) is 19.8. The topological polar surface area (TPSA) is 95.9 Å². The number of aliphatic hydroxyl groups is 2. The highest BCUT2D eigenvalue weighted by atomic mass is 16.5. The van der Waals surface area contributed by atoms with E-state index in [1.165, 1.54) is 276 Å². The predicted molar refractivity (Wildman–Crippen MR) is 306 cm³/mol. The summed E-state index contributed by atoms with van der Waals surface area (Å²) in [5.41, 5.74) is 0. The van der Waals surface area contributed by atoms with Crippen molar-refractivity contribution in [1.29, 1.82) is 0 Å². The molecule has 0 aliphatic rings. The van der Waals surface area contributed by atoms with E-state index < -0.39 is 12.1 Å². The van der Waals surface area contributed by atoms with E-state index in [-0.39, 0.29) is 18.5 Å². The molecule has 0 fully saturated rings. The minimum atomic E-state index is -0.842. The molecule has 0 radical (unpaired) electrons. The maximum absolute atomic E-state index is 12.5. The van der Waals surface area contributed by atoms with Crippen LogP contribution in [0.1, 0.15) is 348 Å². The van der Waals surface area contributed by atoms with E-state index in [0.717, 1.165) is 44.9 Å². The average Bonchev–Trinajstić information content (AvgIpc) is 3.36. The van der Waals surface area contributed by atoms with Crippen LogP contribution in [0.3, 0.4) is 0 Å². The third kappa shape index (κ3) is 55.7. The van der Waals surface area contributed by atoms with Crippen molar-refractivity contribution in [3.05, 3.63) is 24.3 Å². The van der Waals surface area contributed by atoms with Gasteiger partial charge < -0.3 is 20.3 Å². The molecule has 70 heavy (non-hydrogen) atoms. The summed E-state index contributed by atoms with van der Waals surface area (Å²) >= 11 is 0. The van der Waals surface area contributed by atoms with Gasteiger partial charge in [-0.1, -0.05) is 308 Å². The number of nitrogens with one attached hydrogen (secondary N) is 1. The normalized spacial score (nSPS) is 12.7. The van der Waals surface area contributed by atoms with Gasteiger partial charge in [0.25, 0.3) is 0 Å². The molecule has 0 heterocycles. The smallest absolute Gasteiger partial charge is 0.305 e. The van der Waals surface area contributed by atoms with E-state index in [1.807, 2.05) is 6.08 Å². The molecule has 0 saturated carbocycles. The molecule has 0 aromatic carbocycles. The Balaban J connectivity index is 3.38. The number of amides is 1. The Morgan fingerprint density at radius 1 is 0.386 bits per heavy atom. The fourth-order valence-electron chi connectivity index (χ4n) is 9.85.